The fraction of sp³-hybridized carbons (Fsp3) is 0.150. The van der Waals surface area contributed by atoms with E-state index in [0.29, 0.717) is 22.7 Å². The van der Waals surface area contributed by atoms with Gasteiger partial charge < -0.3 is 9.47 Å². The van der Waals surface area contributed by atoms with Crippen molar-refractivity contribution in [2.24, 2.45) is 0 Å². The molecule has 0 bridgehead atoms. The van der Waals surface area contributed by atoms with Gasteiger partial charge in [0, 0.05) is 10.0 Å². The molecule has 0 atom stereocenters. The number of urea groups is 1. The van der Waals surface area contributed by atoms with Crippen LogP contribution >= 0.6 is 15.9 Å². The molecule has 1 heterocycles. The van der Waals surface area contributed by atoms with Crippen LogP contribution in [0, 0.1) is 6.92 Å². The van der Waals surface area contributed by atoms with Gasteiger partial charge >= 0.3 is 6.03 Å². The van der Waals surface area contributed by atoms with E-state index in [1.54, 1.807) is 36.4 Å². The highest BCUT2D eigenvalue weighted by molar-refractivity contribution is 9.10. The molecule has 0 saturated carbocycles. The van der Waals surface area contributed by atoms with Gasteiger partial charge in [-0.2, -0.15) is 0 Å². The van der Waals surface area contributed by atoms with Gasteiger partial charge in [0.25, 0.3) is 11.8 Å². The van der Waals surface area contributed by atoms with Crippen molar-refractivity contribution in [1.29, 1.82) is 0 Å². The summed E-state index contributed by atoms with van der Waals surface area (Å²) in [4.78, 5) is 38.6. The molecule has 1 aliphatic heterocycles. The van der Waals surface area contributed by atoms with Gasteiger partial charge in [0.2, 0.25) is 0 Å². The van der Waals surface area contributed by atoms with Crippen molar-refractivity contribution in [3.63, 3.8) is 0 Å². The Labute approximate surface area is 170 Å². The van der Waals surface area contributed by atoms with Crippen LogP contribution in [-0.4, -0.2) is 32.1 Å². The molecule has 8 heteroatoms. The Kier molecular flexibility index (Phi) is 5.51. The maximum Gasteiger partial charge on any atom is 0.335 e. The normalized spacial score (nSPS) is 15.6. The largest absolute Gasteiger partial charge is 0.493 e. The van der Waals surface area contributed by atoms with Gasteiger partial charge in [-0.05, 0) is 42.8 Å². The third-order valence-corrected chi connectivity index (χ3v) is 5.12. The van der Waals surface area contributed by atoms with Crippen molar-refractivity contribution in [2.75, 3.05) is 19.1 Å². The lowest BCUT2D eigenvalue weighted by Gasteiger charge is -2.27. The Hall–Kier alpha value is -3.13. The van der Waals surface area contributed by atoms with Crippen molar-refractivity contribution in [3.05, 3.63) is 57.6 Å². The molecular weight excluding hydrogens is 428 g/mol. The summed E-state index contributed by atoms with van der Waals surface area (Å²) in [5.41, 5.74) is 1.49. The summed E-state index contributed by atoms with van der Waals surface area (Å²) in [6.07, 6.45) is 1.38. The number of imide groups is 2. The van der Waals surface area contributed by atoms with Crippen molar-refractivity contribution in [2.45, 2.75) is 6.92 Å². The number of nitrogens with one attached hydrogen (secondary N) is 1. The molecule has 1 fully saturated rings. The van der Waals surface area contributed by atoms with E-state index in [1.807, 2.05) is 6.92 Å². The number of barbiturate groups is 1. The number of anilines is 1. The van der Waals surface area contributed by atoms with Gasteiger partial charge in [-0.3, -0.25) is 14.9 Å². The van der Waals surface area contributed by atoms with Crippen LogP contribution in [-0.2, 0) is 9.59 Å². The molecule has 0 unspecified atom stereocenters. The lowest BCUT2D eigenvalue weighted by atomic mass is 10.1. The summed E-state index contributed by atoms with van der Waals surface area (Å²) in [5, 5.41) is 2.20. The second-order valence-corrected chi connectivity index (χ2v) is 6.83. The number of para-hydroxylation sites is 1. The summed E-state index contributed by atoms with van der Waals surface area (Å²) in [5.74, 6) is -0.664. The number of halogens is 1. The zero-order valence-electron chi connectivity index (χ0n) is 15.4. The maximum absolute atomic E-state index is 13.0. The second-order valence-electron chi connectivity index (χ2n) is 5.97. The predicted octanol–water partition coefficient (Wildman–Crippen LogP) is 3.44. The Morgan fingerprint density at radius 3 is 2.46 bits per heavy atom. The van der Waals surface area contributed by atoms with Crippen LogP contribution in [0.4, 0.5) is 10.5 Å². The Balaban J connectivity index is 2.08. The van der Waals surface area contributed by atoms with E-state index in [2.05, 4.69) is 21.2 Å². The van der Waals surface area contributed by atoms with Crippen LogP contribution in [0.3, 0.4) is 0 Å². The highest BCUT2D eigenvalue weighted by Crippen LogP contribution is 2.33. The van der Waals surface area contributed by atoms with Gasteiger partial charge in [-0.1, -0.05) is 28.1 Å². The summed E-state index contributed by atoms with van der Waals surface area (Å²) in [6, 6.07) is 9.32. The number of carbonyl (C=O) groups excluding carboxylic acids is 3. The summed E-state index contributed by atoms with van der Waals surface area (Å²) >= 11 is 3.38. The minimum absolute atomic E-state index is 0.188. The topological polar surface area (TPSA) is 84.9 Å². The number of benzene rings is 2. The summed E-state index contributed by atoms with van der Waals surface area (Å²) < 4.78 is 11.4. The Bertz CT molecular complexity index is 1020. The number of rotatable bonds is 4. The van der Waals surface area contributed by atoms with Crippen molar-refractivity contribution >= 4 is 45.5 Å². The molecule has 2 aromatic carbocycles. The molecule has 1 saturated heterocycles. The SMILES string of the molecule is COc1cccc(/C=C2/C(=O)NC(=O)N(c3ccc(Br)c(C)c3)C2=O)c1OC. The number of carbonyl (C=O) groups is 3. The van der Waals surface area contributed by atoms with Crippen molar-refractivity contribution < 1.29 is 23.9 Å². The first-order valence-corrected chi connectivity index (χ1v) is 9.05. The summed E-state index contributed by atoms with van der Waals surface area (Å²) in [6.45, 7) is 1.84. The van der Waals surface area contributed by atoms with Crippen LogP contribution in [0.15, 0.2) is 46.4 Å². The first-order valence-electron chi connectivity index (χ1n) is 8.26. The number of hydrogen-bond acceptors (Lipinski definition) is 5. The number of amides is 4. The molecular formula is C20H17BrN2O5. The van der Waals surface area contributed by atoms with Gasteiger partial charge in [0.15, 0.2) is 11.5 Å². The fourth-order valence-electron chi connectivity index (χ4n) is 2.84. The molecule has 0 aliphatic carbocycles. The number of aryl methyl sites for hydroxylation is 1. The first-order chi connectivity index (χ1) is 13.4. The number of nitrogens with zero attached hydrogens (tertiary/aromatic N) is 1. The lowest BCUT2D eigenvalue weighted by molar-refractivity contribution is -0.122. The number of ether oxygens (including phenoxy) is 2. The second kappa shape index (κ2) is 7.85. The van der Waals surface area contributed by atoms with E-state index in [-0.39, 0.29) is 5.57 Å². The minimum atomic E-state index is -0.800. The smallest absolute Gasteiger partial charge is 0.335 e. The molecule has 7 nitrogen and oxygen atoms in total. The molecule has 1 aliphatic rings. The molecule has 0 spiro atoms. The van der Waals surface area contributed by atoms with Crippen LogP contribution in [0.5, 0.6) is 11.5 Å². The lowest BCUT2D eigenvalue weighted by Crippen LogP contribution is -2.54. The maximum atomic E-state index is 13.0. The van der Waals surface area contributed by atoms with E-state index in [0.717, 1.165) is 14.9 Å². The Morgan fingerprint density at radius 2 is 1.82 bits per heavy atom. The molecule has 2 aromatic rings. The van der Waals surface area contributed by atoms with Crippen LogP contribution in [0.2, 0.25) is 0 Å². The molecule has 4 amide bonds. The Morgan fingerprint density at radius 1 is 1.07 bits per heavy atom. The number of hydrogen-bond donors (Lipinski definition) is 1. The van der Waals surface area contributed by atoms with Crippen LogP contribution < -0.4 is 19.7 Å². The predicted molar refractivity (Wildman–Crippen MR) is 107 cm³/mol. The monoisotopic (exact) mass is 444 g/mol. The highest BCUT2D eigenvalue weighted by atomic mass is 79.9. The van der Waals surface area contributed by atoms with E-state index < -0.39 is 17.8 Å². The van der Waals surface area contributed by atoms with Crippen molar-refractivity contribution in [3.8, 4) is 11.5 Å². The molecule has 28 heavy (non-hydrogen) atoms. The number of methoxy groups -OCH3 is 2. The van der Waals surface area contributed by atoms with E-state index in [4.69, 9.17) is 9.47 Å². The molecule has 1 N–H and O–H groups in total. The van der Waals surface area contributed by atoms with E-state index >= 15 is 0 Å². The quantitative estimate of drug-likeness (QED) is 0.576. The molecule has 0 aromatic heterocycles. The van der Waals surface area contributed by atoms with Gasteiger partial charge in [-0.25, -0.2) is 9.69 Å². The molecule has 0 radical (unpaired) electrons. The minimum Gasteiger partial charge on any atom is -0.493 e. The average Bonchev–Trinajstić information content (AvgIpc) is 2.67. The van der Waals surface area contributed by atoms with E-state index in [9.17, 15) is 14.4 Å². The van der Waals surface area contributed by atoms with Crippen LogP contribution in [0.25, 0.3) is 6.08 Å². The average molecular weight is 445 g/mol. The molecule has 144 valence electrons. The highest BCUT2D eigenvalue weighted by Gasteiger charge is 2.37. The van der Waals surface area contributed by atoms with Gasteiger partial charge in [-0.15, -0.1) is 0 Å². The molecule has 3 rings (SSSR count). The summed E-state index contributed by atoms with van der Waals surface area (Å²) in [7, 11) is 2.95. The first kappa shape index (κ1) is 19.6. The zero-order valence-corrected chi connectivity index (χ0v) is 17.0. The van der Waals surface area contributed by atoms with Gasteiger partial charge in [0.05, 0.1) is 19.9 Å². The zero-order chi connectivity index (χ0) is 20.4. The fourth-order valence-corrected chi connectivity index (χ4v) is 3.09. The van der Waals surface area contributed by atoms with Crippen LogP contribution in [0.1, 0.15) is 11.1 Å². The van der Waals surface area contributed by atoms with Gasteiger partial charge in [0.1, 0.15) is 5.57 Å². The third-order valence-electron chi connectivity index (χ3n) is 4.23. The third kappa shape index (κ3) is 3.50. The van der Waals surface area contributed by atoms with E-state index in [1.165, 1.54) is 20.3 Å². The standard InChI is InChI=1S/C20H17BrN2O5/c1-11-9-13(7-8-15(11)21)23-19(25)14(18(24)22-20(23)26)10-12-5-4-6-16(27-2)17(12)28-3/h4-10H,1-3H3,(H,22,24,26)/b14-10-. The van der Waals surface area contributed by atoms with Crippen molar-refractivity contribution in [1.82, 2.24) is 5.32 Å².